The van der Waals surface area contributed by atoms with Crippen molar-refractivity contribution >= 4 is 16.8 Å². The topological polar surface area (TPSA) is 82.8 Å². The molecule has 0 radical (unpaired) electrons. The second-order valence-electron chi connectivity index (χ2n) is 7.85. The molecule has 0 fully saturated rings. The van der Waals surface area contributed by atoms with E-state index in [1.54, 1.807) is 13.3 Å². The minimum atomic E-state index is -0.171. The Morgan fingerprint density at radius 2 is 1.76 bits per heavy atom. The van der Waals surface area contributed by atoms with Gasteiger partial charge >= 0.3 is 0 Å². The van der Waals surface area contributed by atoms with Gasteiger partial charge in [-0.25, -0.2) is 0 Å². The maximum atomic E-state index is 13.2. The molecule has 33 heavy (non-hydrogen) atoms. The van der Waals surface area contributed by atoms with Crippen LogP contribution in [0.5, 0.6) is 5.75 Å². The zero-order valence-electron chi connectivity index (χ0n) is 18.2. The van der Waals surface area contributed by atoms with Crippen molar-refractivity contribution in [3.63, 3.8) is 0 Å². The molecule has 0 aliphatic heterocycles. The number of benzene rings is 3. The molecule has 6 nitrogen and oxygen atoms in total. The first-order valence-electron chi connectivity index (χ1n) is 10.8. The molecule has 6 heteroatoms. The first kappa shape index (κ1) is 20.6. The number of fused-ring (bicyclic) bond motifs is 1. The number of hydrogen-bond donors (Lipinski definition) is 3. The van der Waals surface area contributed by atoms with Gasteiger partial charge in [0.15, 0.2) is 0 Å². The van der Waals surface area contributed by atoms with E-state index in [4.69, 9.17) is 4.74 Å². The van der Waals surface area contributed by atoms with E-state index in [2.05, 4.69) is 44.8 Å². The third-order valence-electron chi connectivity index (χ3n) is 5.93. The Morgan fingerprint density at radius 3 is 2.55 bits per heavy atom. The zero-order chi connectivity index (χ0) is 22.6. The van der Waals surface area contributed by atoms with E-state index in [-0.39, 0.29) is 11.8 Å². The van der Waals surface area contributed by atoms with Gasteiger partial charge in [-0.2, -0.15) is 5.10 Å². The van der Waals surface area contributed by atoms with Crippen LogP contribution in [0.2, 0.25) is 0 Å². The number of nitrogens with zero attached hydrogens (tertiary/aromatic N) is 1. The van der Waals surface area contributed by atoms with Gasteiger partial charge in [0.05, 0.1) is 24.6 Å². The van der Waals surface area contributed by atoms with E-state index in [9.17, 15) is 4.79 Å². The SMILES string of the molecule is COc1ccc(-c2[nH]ncc2C(=O)NCC(c2ccccc2)c2c[nH]c3ccccc23)cc1. The molecular weight excluding hydrogens is 412 g/mol. The van der Waals surface area contributed by atoms with Crippen LogP contribution >= 0.6 is 0 Å². The van der Waals surface area contributed by atoms with Gasteiger partial charge < -0.3 is 15.0 Å². The summed E-state index contributed by atoms with van der Waals surface area (Å²) < 4.78 is 5.23. The number of aromatic nitrogens is 3. The van der Waals surface area contributed by atoms with Crippen LogP contribution in [-0.4, -0.2) is 34.7 Å². The number of rotatable bonds is 7. The quantitative estimate of drug-likeness (QED) is 0.331. The normalized spacial score (nSPS) is 11.9. The number of carbonyl (C=O) groups excluding carboxylic acids is 1. The molecule has 0 saturated heterocycles. The van der Waals surface area contributed by atoms with Gasteiger partial charge in [-0.3, -0.25) is 9.89 Å². The predicted molar refractivity (Wildman–Crippen MR) is 129 cm³/mol. The summed E-state index contributed by atoms with van der Waals surface area (Å²) in [6.45, 7) is 0.456. The molecule has 2 heterocycles. The molecule has 0 aliphatic carbocycles. The van der Waals surface area contributed by atoms with Crippen molar-refractivity contribution in [1.29, 1.82) is 0 Å². The first-order chi connectivity index (χ1) is 16.2. The second-order valence-corrected chi connectivity index (χ2v) is 7.85. The molecule has 3 aromatic carbocycles. The van der Waals surface area contributed by atoms with Crippen LogP contribution in [0, 0.1) is 0 Å². The Bertz CT molecular complexity index is 1370. The molecule has 0 bridgehead atoms. The average molecular weight is 437 g/mol. The van der Waals surface area contributed by atoms with E-state index in [1.165, 1.54) is 0 Å². The number of carbonyl (C=O) groups is 1. The van der Waals surface area contributed by atoms with Crippen molar-refractivity contribution in [3.05, 3.63) is 108 Å². The third-order valence-corrected chi connectivity index (χ3v) is 5.93. The monoisotopic (exact) mass is 436 g/mol. The fraction of sp³-hybridized carbons (Fsp3) is 0.111. The highest BCUT2D eigenvalue weighted by molar-refractivity contribution is 5.99. The maximum absolute atomic E-state index is 13.2. The van der Waals surface area contributed by atoms with Gasteiger partial charge in [0.1, 0.15) is 5.75 Å². The number of H-pyrrole nitrogens is 2. The Balaban J connectivity index is 1.42. The standard InChI is InChI=1S/C27H24N4O2/c1-33-20-13-11-19(12-14-20)26-24(17-30-31-26)27(32)29-15-22(18-7-3-2-4-8-18)23-16-28-25-10-6-5-9-21(23)25/h2-14,16-17,22,28H,15H2,1H3,(H,29,32)(H,30,31). The van der Waals surface area contributed by atoms with Crippen LogP contribution < -0.4 is 10.1 Å². The van der Waals surface area contributed by atoms with Gasteiger partial charge in [-0.15, -0.1) is 0 Å². The molecule has 1 amide bonds. The van der Waals surface area contributed by atoms with Crippen LogP contribution in [0.4, 0.5) is 0 Å². The van der Waals surface area contributed by atoms with Gasteiger partial charge in [0, 0.05) is 35.1 Å². The van der Waals surface area contributed by atoms with Crippen LogP contribution in [0.15, 0.2) is 91.3 Å². The van der Waals surface area contributed by atoms with Crippen LogP contribution in [0.3, 0.4) is 0 Å². The molecular formula is C27H24N4O2. The van der Waals surface area contributed by atoms with Crippen molar-refractivity contribution in [1.82, 2.24) is 20.5 Å². The summed E-state index contributed by atoms with van der Waals surface area (Å²) in [5.41, 5.74) is 5.43. The number of amides is 1. The fourth-order valence-corrected chi connectivity index (χ4v) is 4.20. The Kier molecular flexibility index (Phi) is 5.64. The number of para-hydroxylation sites is 1. The molecule has 2 aromatic heterocycles. The summed E-state index contributed by atoms with van der Waals surface area (Å²) in [6.07, 6.45) is 3.60. The van der Waals surface area contributed by atoms with Gasteiger partial charge in [0.25, 0.3) is 5.91 Å². The van der Waals surface area contributed by atoms with E-state index >= 15 is 0 Å². The second kappa shape index (κ2) is 9.04. The van der Waals surface area contributed by atoms with Gasteiger partial charge in [-0.05, 0) is 41.5 Å². The lowest BCUT2D eigenvalue weighted by molar-refractivity contribution is 0.0953. The smallest absolute Gasteiger partial charge is 0.255 e. The van der Waals surface area contributed by atoms with Gasteiger partial charge in [0.2, 0.25) is 0 Å². The Morgan fingerprint density at radius 1 is 1.00 bits per heavy atom. The Hall–Kier alpha value is -4.32. The number of methoxy groups -OCH3 is 1. The maximum Gasteiger partial charge on any atom is 0.255 e. The first-order valence-corrected chi connectivity index (χ1v) is 10.8. The molecule has 3 N–H and O–H groups in total. The lowest BCUT2D eigenvalue weighted by atomic mass is 9.91. The van der Waals surface area contributed by atoms with Crippen LogP contribution in [0.1, 0.15) is 27.4 Å². The molecule has 0 spiro atoms. The fourth-order valence-electron chi connectivity index (χ4n) is 4.20. The number of ether oxygens (including phenoxy) is 1. The average Bonchev–Trinajstić information content (AvgIpc) is 3.53. The molecule has 0 saturated carbocycles. The van der Waals surface area contributed by atoms with Crippen molar-refractivity contribution in [2.45, 2.75) is 5.92 Å². The highest BCUT2D eigenvalue weighted by atomic mass is 16.5. The molecule has 5 aromatic rings. The summed E-state index contributed by atoms with van der Waals surface area (Å²) in [7, 11) is 1.63. The largest absolute Gasteiger partial charge is 0.497 e. The molecule has 5 rings (SSSR count). The van der Waals surface area contributed by atoms with E-state index < -0.39 is 0 Å². The lowest BCUT2D eigenvalue weighted by Gasteiger charge is -2.18. The Labute approximate surface area is 191 Å². The van der Waals surface area contributed by atoms with E-state index in [0.29, 0.717) is 17.8 Å². The van der Waals surface area contributed by atoms with E-state index in [0.717, 1.165) is 33.3 Å². The predicted octanol–water partition coefficient (Wildman–Crippen LogP) is 5.13. The van der Waals surface area contributed by atoms with Crippen molar-refractivity contribution in [2.24, 2.45) is 0 Å². The summed E-state index contributed by atoms with van der Waals surface area (Å²) in [5, 5.41) is 11.4. The van der Waals surface area contributed by atoms with Crippen molar-refractivity contribution in [3.8, 4) is 17.0 Å². The highest BCUT2D eigenvalue weighted by Crippen LogP contribution is 2.31. The van der Waals surface area contributed by atoms with Crippen LogP contribution in [-0.2, 0) is 0 Å². The summed E-state index contributed by atoms with van der Waals surface area (Å²) in [5.74, 6) is 0.590. The minimum Gasteiger partial charge on any atom is -0.497 e. The molecule has 164 valence electrons. The van der Waals surface area contributed by atoms with Crippen molar-refractivity contribution in [2.75, 3.05) is 13.7 Å². The van der Waals surface area contributed by atoms with Crippen molar-refractivity contribution < 1.29 is 9.53 Å². The number of aromatic amines is 2. The van der Waals surface area contributed by atoms with E-state index in [1.807, 2.05) is 60.8 Å². The zero-order valence-corrected chi connectivity index (χ0v) is 18.2. The molecule has 0 aliphatic rings. The molecule has 1 atom stereocenters. The minimum absolute atomic E-state index is 0.00244. The van der Waals surface area contributed by atoms with Crippen LogP contribution in [0.25, 0.3) is 22.2 Å². The van der Waals surface area contributed by atoms with Gasteiger partial charge in [-0.1, -0.05) is 48.5 Å². The number of hydrogen-bond acceptors (Lipinski definition) is 3. The summed E-state index contributed by atoms with van der Waals surface area (Å²) in [6, 6.07) is 26.0. The summed E-state index contributed by atoms with van der Waals surface area (Å²) in [4.78, 5) is 16.5. The third kappa shape index (κ3) is 4.11. The highest BCUT2D eigenvalue weighted by Gasteiger charge is 2.21. The number of nitrogens with one attached hydrogen (secondary N) is 3. The summed E-state index contributed by atoms with van der Waals surface area (Å²) >= 11 is 0. The molecule has 1 unspecified atom stereocenters. The lowest BCUT2D eigenvalue weighted by Crippen LogP contribution is -2.29.